The zero-order valence-electron chi connectivity index (χ0n) is 17.1. The van der Waals surface area contributed by atoms with Crippen LogP contribution < -0.4 is 5.32 Å². The SMILES string of the molecule is CC(=O)Nc1sc2c(c1C(=O)OCC(=O)N1CCC[C@H]3CCCC[C@H]31)CCCC2. The summed E-state index contributed by atoms with van der Waals surface area (Å²) >= 11 is 1.47. The number of carbonyl (C=O) groups is 3. The number of anilines is 1. The molecule has 6 nitrogen and oxygen atoms in total. The van der Waals surface area contributed by atoms with Crippen LogP contribution in [0.15, 0.2) is 0 Å². The molecule has 1 aromatic heterocycles. The summed E-state index contributed by atoms with van der Waals surface area (Å²) in [6.45, 7) is 1.99. The molecule has 0 aromatic carbocycles. The van der Waals surface area contributed by atoms with Gasteiger partial charge in [0.15, 0.2) is 6.61 Å². The maximum absolute atomic E-state index is 12.9. The predicted molar refractivity (Wildman–Crippen MR) is 112 cm³/mol. The van der Waals surface area contributed by atoms with Crippen LogP contribution in [0.3, 0.4) is 0 Å². The van der Waals surface area contributed by atoms with Crippen LogP contribution in [0.2, 0.25) is 0 Å². The first-order valence-corrected chi connectivity index (χ1v) is 11.7. The summed E-state index contributed by atoms with van der Waals surface area (Å²) in [5, 5.41) is 3.35. The number of esters is 1. The van der Waals surface area contributed by atoms with E-state index in [2.05, 4.69) is 5.32 Å². The van der Waals surface area contributed by atoms with E-state index in [0.29, 0.717) is 22.5 Å². The molecule has 1 aromatic rings. The largest absolute Gasteiger partial charge is 0.452 e. The van der Waals surface area contributed by atoms with E-state index in [1.165, 1.54) is 43.9 Å². The van der Waals surface area contributed by atoms with Crippen molar-refractivity contribution in [3.8, 4) is 0 Å². The second-order valence-corrected chi connectivity index (χ2v) is 9.62. The molecular formula is C22H30N2O4S. The number of rotatable bonds is 4. The van der Waals surface area contributed by atoms with E-state index >= 15 is 0 Å². The molecule has 4 rings (SSSR count). The second-order valence-electron chi connectivity index (χ2n) is 8.51. The van der Waals surface area contributed by atoms with Crippen LogP contribution in [-0.2, 0) is 27.2 Å². The van der Waals surface area contributed by atoms with Gasteiger partial charge in [0.1, 0.15) is 5.00 Å². The Morgan fingerprint density at radius 3 is 2.66 bits per heavy atom. The minimum Gasteiger partial charge on any atom is -0.452 e. The number of piperidine rings is 1. The summed E-state index contributed by atoms with van der Waals surface area (Å²) in [6.07, 6.45) is 10.8. The van der Waals surface area contributed by atoms with Crippen LogP contribution in [0.1, 0.15) is 79.1 Å². The number of ether oxygens (including phenoxy) is 1. The molecule has 158 valence electrons. The van der Waals surface area contributed by atoms with Gasteiger partial charge in [-0.15, -0.1) is 11.3 Å². The van der Waals surface area contributed by atoms with E-state index in [1.54, 1.807) is 0 Å². The fourth-order valence-corrected chi connectivity index (χ4v) is 6.57. The first-order valence-electron chi connectivity index (χ1n) is 10.9. The summed E-state index contributed by atoms with van der Waals surface area (Å²) in [7, 11) is 0. The number of aryl methyl sites for hydroxylation is 1. The maximum atomic E-state index is 12.9. The van der Waals surface area contributed by atoms with Crippen LogP contribution in [0.5, 0.6) is 0 Å². The Morgan fingerprint density at radius 1 is 1.07 bits per heavy atom. The van der Waals surface area contributed by atoms with Crippen LogP contribution in [0.4, 0.5) is 5.00 Å². The molecule has 0 unspecified atom stereocenters. The van der Waals surface area contributed by atoms with Gasteiger partial charge in [0, 0.05) is 24.4 Å². The van der Waals surface area contributed by atoms with Gasteiger partial charge in [0.2, 0.25) is 5.91 Å². The molecule has 2 aliphatic carbocycles. The van der Waals surface area contributed by atoms with Crippen molar-refractivity contribution in [2.24, 2.45) is 5.92 Å². The lowest BCUT2D eigenvalue weighted by molar-refractivity contribution is -0.140. The minimum absolute atomic E-state index is 0.0832. The molecule has 3 aliphatic rings. The Labute approximate surface area is 176 Å². The number of thiophene rings is 1. The van der Waals surface area contributed by atoms with Gasteiger partial charge in [0.05, 0.1) is 5.56 Å². The van der Waals surface area contributed by atoms with E-state index in [4.69, 9.17) is 4.74 Å². The monoisotopic (exact) mass is 418 g/mol. The lowest BCUT2D eigenvalue weighted by Gasteiger charge is -2.44. The number of fused-ring (bicyclic) bond motifs is 2. The van der Waals surface area contributed by atoms with Crippen molar-refractivity contribution in [3.05, 3.63) is 16.0 Å². The quantitative estimate of drug-likeness (QED) is 0.752. The molecule has 2 amide bonds. The van der Waals surface area contributed by atoms with Crippen LogP contribution in [0.25, 0.3) is 0 Å². The highest BCUT2D eigenvalue weighted by molar-refractivity contribution is 7.17. The average Bonchev–Trinajstić information content (AvgIpc) is 3.08. The van der Waals surface area contributed by atoms with Crippen LogP contribution in [-0.4, -0.2) is 41.9 Å². The number of amides is 2. The fourth-order valence-electron chi connectivity index (χ4n) is 5.25. The summed E-state index contributed by atoms with van der Waals surface area (Å²) in [5.41, 5.74) is 1.45. The highest BCUT2D eigenvalue weighted by atomic mass is 32.1. The smallest absolute Gasteiger partial charge is 0.341 e. The highest BCUT2D eigenvalue weighted by Gasteiger charge is 2.36. The van der Waals surface area contributed by atoms with Crippen LogP contribution >= 0.6 is 11.3 Å². The third kappa shape index (κ3) is 4.34. The number of nitrogens with one attached hydrogen (secondary N) is 1. The highest BCUT2D eigenvalue weighted by Crippen LogP contribution is 2.39. The van der Waals surface area contributed by atoms with Gasteiger partial charge in [0.25, 0.3) is 5.91 Å². The molecule has 1 saturated carbocycles. The first kappa shape index (κ1) is 20.4. The molecule has 0 radical (unpaired) electrons. The molecular weight excluding hydrogens is 388 g/mol. The lowest BCUT2D eigenvalue weighted by Crippen LogP contribution is -2.50. The second kappa shape index (κ2) is 8.86. The van der Waals surface area contributed by atoms with Crippen molar-refractivity contribution in [2.45, 2.75) is 77.2 Å². The number of likely N-dealkylation sites (tertiary alicyclic amines) is 1. The molecule has 2 fully saturated rings. The number of nitrogens with zero attached hydrogens (tertiary/aromatic N) is 1. The molecule has 2 heterocycles. The van der Waals surface area contributed by atoms with E-state index in [1.807, 2.05) is 4.90 Å². The van der Waals surface area contributed by atoms with Gasteiger partial charge in [-0.25, -0.2) is 4.79 Å². The third-order valence-electron chi connectivity index (χ3n) is 6.56. The molecule has 7 heteroatoms. The van der Waals surface area contributed by atoms with Crippen molar-refractivity contribution in [1.29, 1.82) is 0 Å². The molecule has 1 aliphatic heterocycles. The first-order chi connectivity index (χ1) is 14.0. The third-order valence-corrected chi connectivity index (χ3v) is 7.76. The van der Waals surface area contributed by atoms with E-state index < -0.39 is 5.97 Å². The normalized spacial score (nSPS) is 23.7. The lowest BCUT2D eigenvalue weighted by atomic mass is 9.78. The van der Waals surface area contributed by atoms with Gasteiger partial charge in [-0.2, -0.15) is 0 Å². The van der Waals surface area contributed by atoms with Crippen molar-refractivity contribution in [1.82, 2.24) is 4.90 Å². The van der Waals surface area contributed by atoms with Crippen molar-refractivity contribution >= 4 is 34.1 Å². The number of hydrogen-bond donors (Lipinski definition) is 1. The molecule has 0 spiro atoms. The maximum Gasteiger partial charge on any atom is 0.341 e. The Bertz CT molecular complexity index is 801. The Balaban J connectivity index is 1.45. The van der Waals surface area contributed by atoms with E-state index in [0.717, 1.165) is 55.5 Å². The van der Waals surface area contributed by atoms with Crippen molar-refractivity contribution in [2.75, 3.05) is 18.5 Å². The Kier molecular flexibility index (Phi) is 6.23. The number of carbonyl (C=O) groups excluding carboxylic acids is 3. The van der Waals surface area contributed by atoms with Gasteiger partial charge in [-0.1, -0.05) is 12.8 Å². The van der Waals surface area contributed by atoms with Gasteiger partial charge < -0.3 is 15.0 Å². The minimum atomic E-state index is -0.487. The fraction of sp³-hybridized carbons (Fsp3) is 0.682. The summed E-state index contributed by atoms with van der Waals surface area (Å²) < 4.78 is 5.49. The summed E-state index contributed by atoms with van der Waals surface area (Å²) in [4.78, 5) is 40.5. The van der Waals surface area contributed by atoms with Gasteiger partial charge in [-0.05, 0) is 62.8 Å². The average molecular weight is 419 g/mol. The number of hydrogen-bond acceptors (Lipinski definition) is 5. The predicted octanol–water partition coefficient (Wildman–Crippen LogP) is 3.92. The molecule has 1 saturated heterocycles. The standard InChI is InChI=1S/C22H30N2O4S/c1-14(25)23-21-20(16-9-3-5-11-18(16)29-21)22(27)28-13-19(26)24-12-6-8-15-7-2-4-10-17(15)24/h15,17H,2-13H2,1H3,(H,23,25)/t15-,17-/m1/s1. The Hall–Kier alpha value is -1.89. The molecule has 0 bridgehead atoms. The van der Waals surface area contributed by atoms with E-state index in [-0.39, 0.29) is 18.4 Å². The molecule has 1 N–H and O–H groups in total. The zero-order valence-corrected chi connectivity index (χ0v) is 17.9. The molecule has 2 atom stereocenters. The van der Waals surface area contributed by atoms with Crippen molar-refractivity contribution < 1.29 is 19.1 Å². The van der Waals surface area contributed by atoms with Crippen LogP contribution in [0, 0.1) is 5.92 Å². The summed E-state index contributed by atoms with van der Waals surface area (Å²) in [5.74, 6) is -0.170. The topological polar surface area (TPSA) is 75.7 Å². The summed E-state index contributed by atoms with van der Waals surface area (Å²) in [6, 6.07) is 0.313. The van der Waals surface area contributed by atoms with E-state index in [9.17, 15) is 14.4 Å². The zero-order chi connectivity index (χ0) is 20.4. The van der Waals surface area contributed by atoms with Crippen molar-refractivity contribution in [3.63, 3.8) is 0 Å². The molecule has 29 heavy (non-hydrogen) atoms. The Morgan fingerprint density at radius 2 is 1.83 bits per heavy atom. The van der Waals surface area contributed by atoms with Gasteiger partial charge >= 0.3 is 5.97 Å². The van der Waals surface area contributed by atoms with Gasteiger partial charge in [-0.3, -0.25) is 9.59 Å².